The molecule has 0 aliphatic carbocycles. The first-order chi connectivity index (χ1) is 16.9. The fraction of sp³-hybridized carbons (Fsp3) is 0.174. The number of carbonyl (C=O) groups is 1. The van der Waals surface area contributed by atoms with Crippen molar-refractivity contribution < 1.29 is 45.4 Å². The molecule has 8 nitrogen and oxygen atoms in total. The topological polar surface area (TPSA) is 114 Å². The van der Waals surface area contributed by atoms with Gasteiger partial charge < -0.3 is 19.9 Å². The van der Waals surface area contributed by atoms with Crippen LogP contribution in [0.1, 0.15) is 18.6 Å². The summed E-state index contributed by atoms with van der Waals surface area (Å²) in [6.45, 7) is 1.64. The highest BCUT2D eigenvalue weighted by Crippen LogP contribution is 2.31. The van der Waals surface area contributed by atoms with Crippen molar-refractivity contribution in [1.29, 1.82) is 0 Å². The molecule has 0 aliphatic rings. The highest BCUT2D eigenvalue weighted by Gasteiger charge is 2.31. The van der Waals surface area contributed by atoms with Gasteiger partial charge in [0.2, 0.25) is 0 Å². The van der Waals surface area contributed by atoms with E-state index in [9.17, 15) is 35.9 Å². The molecule has 36 heavy (non-hydrogen) atoms. The van der Waals surface area contributed by atoms with E-state index in [1.807, 2.05) is 0 Å². The van der Waals surface area contributed by atoms with Gasteiger partial charge in [-0.15, -0.1) is 13.2 Å². The molecule has 0 saturated heterocycles. The maximum Gasteiger partial charge on any atom is 0.573 e. The average molecular weight is 528 g/mol. The Morgan fingerprint density at radius 3 is 2.36 bits per heavy atom. The lowest BCUT2D eigenvalue weighted by atomic mass is 10.1. The van der Waals surface area contributed by atoms with Gasteiger partial charge in [-0.2, -0.15) is 0 Å². The van der Waals surface area contributed by atoms with Crippen LogP contribution in [0, 0.1) is 5.82 Å². The Morgan fingerprint density at radius 2 is 1.72 bits per heavy atom. The number of benzene rings is 3. The number of rotatable bonds is 9. The van der Waals surface area contributed by atoms with Crippen molar-refractivity contribution in [3.8, 4) is 11.5 Å². The van der Waals surface area contributed by atoms with Gasteiger partial charge in [0.25, 0.3) is 15.9 Å². The molecule has 0 fully saturated rings. The average Bonchev–Trinajstić information content (AvgIpc) is 2.78. The van der Waals surface area contributed by atoms with Gasteiger partial charge in [-0.3, -0.25) is 9.52 Å². The number of hydrogen-bond acceptors (Lipinski definition) is 6. The summed E-state index contributed by atoms with van der Waals surface area (Å²) in [7, 11) is -4.34. The SMILES string of the molecule is CCOc1cc(NC(=O)C(O)c2ccc(F)cc2)ccc1S(=O)(=O)Nc1cccc(OC(F)(F)F)c1. The van der Waals surface area contributed by atoms with Gasteiger partial charge in [0.1, 0.15) is 22.2 Å². The number of hydrogen-bond donors (Lipinski definition) is 3. The number of sulfonamides is 1. The van der Waals surface area contributed by atoms with Crippen molar-refractivity contribution in [2.45, 2.75) is 24.3 Å². The van der Waals surface area contributed by atoms with E-state index in [2.05, 4.69) is 14.8 Å². The van der Waals surface area contributed by atoms with E-state index >= 15 is 0 Å². The molecular formula is C23H20F4N2O6S. The van der Waals surface area contributed by atoms with Crippen LogP contribution in [-0.4, -0.2) is 32.4 Å². The van der Waals surface area contributed by atoms with Crippen LogP contribution in [0.25, 0.3) is 0 Å². The number of aliphatic hydroxyl groups excluding tert-OH is 1. The number of carbonyl (C=O) groups excluding carboxylic acids is 1. The molecule has 0 aromatic heterocycles. The minimum atomic E-state index is -4.95. The van der Waals surface area contributed by atoms with Gasteiger partial charge in [0, 0.05) is 17.8 Å². The first-order valence-corrected chi connectivity index (χ1v) is 11.8. The van der Waals surface area contributed by atoms with Crippen molar-refractivity contribution in [2.24, 2.45) is 0 Å². The van der Waals surface area contributed by atoms with Crippen LogP contribution < -0.4 is 19.5 Å². The van der Waals surface area contributed by atoms with Crippen molar-refractivity contribution in [2.75, 3.05) is 16.6 Å². The van der Waals surface area contributed by atoms with Crippen molar-refractivity contribution in [3.63, 3.8) is 0 Å². The smallest absolute Gasteiger partial charge is 0.492 e. The summed E-state index contributed by atoms with van der Waals surface area (Å²) in [4.78, 5) is 12.0. The number of ether oxygens (including phenoxy) is 2. The van der Waals surface area contributed by atoms with E-state index in [1.54, 1.807) is 6.92 Å². The molecule has 0 spiro atoms. The van der Waals surface area contributed by atoms with Crippen LogP contribution in [0.15, 0.2) is 71.6 Å². The lowest BCUT2D eigenvalue weighted by molar-refractivity contribution is -0.274. The minimum Gasteiger partial charge on any atom is -0.492 e. The molecule has 0 heterocycles. The van der Waals surface area contributed by atoms with Crippen LogP contribution in [0.4, 0.5) is 28.9 Å². The van der Waals surface area contributed by atoms with Crippen molar-refractivity contribution in [1.82, 2.24) is 0 Å². The molecule has 3 aromatic rings. The van der Waals surface area contributed by atoms with Gasteiger partial charge in [0.05, 0.1) is 12.3 Å². The largest absolute Gasteiger partial charge is 0.573 e. The molecule has 1 amide bonds. The number of alkyl halides is 3. The summed E-state index contributed by atoms with van der Waals surface area (Å²) in [6.07, 6.45) is -6.58. The number of amides is 1. The van der Waals surface area contributed by atoms with Gasteiger partial charge in [-0.25, -0.2) is 12.8 Å². The van der Waals surface area contributed by atoms with Crippen LogP contribution in [0.2, 0.25) is 0 Å². The van der Waals surface area contributed by atoms with Gasteiger partial charge in [-0.05, 0) is 48.9 Å². The Kier molecular flexibility index (Phi) is 8.05. The molecule has 1 atom stereocenters. The molecule has 0 saturated carbocycles. The quantitative estimate of drug-likeness (QED) is 0.350. The second-order valence-corrected chi connectivity index (χ2v) is 8.87. The summed E-state index contributed by atoms with van der Waals surface area (Å²) < 4.78 is 87.7. The lowest BCUT2D eigenvalue weighted by Gasteiger charge is -2.16. The Bertz CT molecular complexity index is 1330. The first-order valence-electron chi connectivity index (χ1n) is 10.3. The number of nitrogens with one attached hydrogen (secondary N) is 2. The van der Waals surface area contributed by atoms with E-state index < -0.39 is 40.0 Å². The second-order valence-electron chi connectivity index (χ2n) is 7.22. The fourth-order valence-electron chi connectivity index (χ4n) is 3.05. The molecular weight excluding hydrogens is 508 g/mol. The third-order valence-corrected chi connectivity index (χ3v) is 5.98. The third-order valence-electron chi connectivity index (χ3n) is 4.55. The van der Waals surface area contributed by atoms with Crippen molar-refractivity contribution in [3.05, 3.63) is 78.1 Å². The summed E-state index contributed by atoms with van der Waals surface area (Å²) >= 11 is 0. The van der Waals surface area contributed by atoms with Gasteiger partial charge >= 0.3 is 6.36 Å². The Morgan fingerprint density at radius 1 is 1.03 bits per heavy atom. The summed E-state index contributed by atoms with van der Waals surface area (Å²) in [5.41, 5.74) is 0.0298. The predicted octanol–water partition coefficient (Wildman–Crippen LogP) is 4.60. The normalized spacial score (nSPS) is 12.5. The molecule has 0 bridgehead atoms. The number of anilines is 2. The molecule has 3 N–H and O–H groups in total. The number of aliphatic hydroxyl groups is 1. The second kappa shape index (κ2) is 10.8. The van der Waals surface area contributed by atoms with E-state index in [0.717, 1.165) is 30.3 Å². The maximum absolute atomic E-state index is 13.1. The lowest BCUT2D eigenvalue weighted by Crippen LogP contribution is -2.21. The molecule has 1 unspecified atom stereocenters. The summed E-state index contributed by atoms with van der Waals surface area (Å²) in [5, 5.41) is 12.6. The predicted molar refractivity (Wildman–Crippen MR) is 122 cm³/mol. The van der Waals surface area contributed by atoms with Crippen LogP contribution in [0.5, 0.6) is 11.5 Å². The zero-order valence-electron chi connectivity index (χ0n) is 18.5. The zero-order valence-corrected chi connectivity index (χ0v) is 19.4. The fourth-order valence-corrected chi connectivity index (χ4v) is 4.23. The van der Waals surface area contributed by atoms with Crippen molar-refractivity contribution >= 4 is 27.3 Å². The van der Waals surface area contributed by atoms with Crippen LogP contribution in [0.3, 0.4) is 0 Å². The minimum absolute atomic E-state index is 0.0486. The summed E-state index contributed by atoms with van der Waals surface area (Å²) in [5.74, 6) is -2.19. The molecule has 13 heteroatoms. The van der Waals surface area contributed by atoms with Gasteiger partial charge in [-0.1, -0.05) is 18.2 Å². The highest BCUT2D eigenvalue weighted by molar-refractivity contribution is 7.92. The maximum atomic E-state index is 13.1. The Balaban J connectivity index is 1.82. The van der Waals surface area contributed by atoms with E-state index in [0.29, 0.717) is 0 Å². The first kappa shape index (κ1) is 26.8. The monoisotopic (exact) mass is 528 g/mol. The molecule has 3 aromatic carbocycles. The number of halogens is 4. The standard InChI is InChI=1S/C23H20F4N2O6S/c1-2-34-19-13-16(28-22(31)21(30)14-6-8-15(24)9-7-14)10-11-20(19)36(32,33)29-17-4-3-5-18(12-17)35-23(25,26)27/h3-13,21,29-30H,2H2,1H3,(H,28,31). The van der Waals surface area contributed by atoms with E-state index in [4.69, 9.17) is 4.74 Å². The summed E-state index contributed by atoms with van der Waals surface area (Å²) in [6, 6.07) is 12.5. The third kappa shape index (κ3) is 7.09. The Labute approximate surface area is 203 Å². The molecule has 0 aliphatic heterocycles. The van der Waals surface area contributed by atoms with Crippen LogP contribution in [-0.2, 0) is 14.8 Å². The van der Waals surface area contributed by atoms with Gasteiger partial charge in [0.15, 0.2) is 6.10 Å². The zero-order chi connectivity index (χ0) is 26.5. The highest BCUT2D eigenvalue weighted by atomic mass is 32.2. The van der Waals surface area contributed by atoms with Crippen LogP contribution >= 0.6 is 0 Å². The Hall–Kier alpha value is -3.84. The van der Waals surface area contributed by atoms with E-state index in [-0.39, 0.29) is 34.2 Å². The molecule has 3 rings (SSSR count). The van der Waals surface area contributed by atoms with E-state index in [1.165, 1.54) is 36.4 Å². The molecule has 0 radical (unpaired) electrons. The molecule has 192 valence electrons.